The monoisotopic (exact) mass is 273 g/mol. The standard InChI is InChI=1S/C17H27N3/c1-4-5-17(20-10-8-18-9-11-20)12-16-7-6-15(13-19-16)14(2)3/h5-7,13-14,18H,4,8-12H2,1-3H3/b17-5+. The fraction of sp³-hybridized carbons (Fsp3) is 0.588. The number of aromatic nitrogens is 1. The molecule has 0 aliphatic carbocycles. The van der Waals surface area contributed by atoms with E-state index in [1.54, 1.807) is 0 Å². The Morgan fingerprint density at radius 1 is 1.35 bits per heavy atom. The van der Waals surface area contributed by atoms with Crippen LogP contribution in [0.25, 0.3) is 0 Å². The molecule has 3 heteroatoms. The molecule has 0 aromatic carbocycles. The van der Waals surface area contributed by atoms with Gasteiger partial charge in [-0.05, 0) is 24.0 Å². The Balaban J connectivity index is 2.05. The fourth-order valence-electron chi connectivity index (χ4n) is 2.57. The molecule has 2 rings (SSSR count). The maximum atomic E-state index is 4.63. The minimum absolute atomic E-state index is 0.551. The van der Waals surface area contributed by atoms with E-state index in [9.17, 15) is 0 Å². The summed E-state index contributed by atoms with van der Waals surface area (Å²) >= 11 is 0. The van der Waals surface area contributed by atoms with Crippen LogP contribution < -0.4 is 5.32 Å². The van der Waals surface area contributed by atoms with Crippen molar-refractivity contribution in [1.82, 2.24) is 15.2 Å². The molecule has 3 nitrogen and oxygen atoms in total. The highest BCUT2D eigenvalue weighted by Crippen LogP contribution is 2.16. The number of nitrogens with one attached hydrogen (secondary N) is 1. The topological polar surface area (TPSA) is 28.2 Å². The van der Waals surface area contributed by atoms with E-state index in [1.807, 2.05) is 6.20 Å². The van der Waals surface area contributed by atoms with E-state index < -0.39 is 0 Å². The van der Waals surface area contributed by atoms with Crippen LogP contribution in [0.2, 0.25) is 0 Å². The van der Waals surface area contributed by atoms with Gasteiger partial charge in [0.15, 0.2) is 0 Å². The molecule has 0 saturated carbocycles. The van der Waals surface area contributed by atoms with Crippen LogP contribution in [-0.2, 0) is 6.42 Å². The Labute approximate surface area is 123 Å². The van der Waals surface area contributed by atoms with E-state index in [2.05, 4.69) is 54.2 Å². The van der Waals surface area contributed by atoms with Gasteiger partial charge in [0.2, 0.25) is 0 Å². The summed E-state index contributed by atoms with van der Waals surface area (Å²) in [5.74, 6) is 0.551. The normalized spacial score (nSPS) is 16.8. The molecule has 1 aromatic rings. The highest BCUT2D eigenvalue weighted by Gasteiger charge is 2.13. The number of hydrogen-bond donors (Lipinski definition) is 1. The Morgan fingerprint density at radius 2 is 2.10 bits per heavy atom. The van der Waals surface area contributed by atoms with Gasteiger partial charge in [-0.1, -0.05) is 32.9 Å². The van der Waals surface area contributed by atoms with Crippen LogP contribution in [0.15, 0.2) is 30.1 Å². The van der Waals surface area contributed by atoms with E-state index >= 15 is 0 Å². The third-order valence-corrected chi connectivity index (χ3v) is 3.84. The molecular formula is C17H27N3. The number of allylic oxidation sites excluding steroid dienone is 2. The van der Waals surface area contributed by atoms with Crippen LogP contribution >= 0.6 is 0 Å². The summed E-state index contributed by atoms with van der Waals surface area (Å²) in [5, 5.41) is 3.41. The van der Waals surface area contributed by atoms with Crippen LogP contribution in [0.3, 0.4) is 0 Å². The number of hydrogen-bond acceptors (Lipinski definition) is 3. The summed E-state index contributed by atoms with van der Waals surface area (Å²) in [6, 6.07) is 4.40. The number of piperazine rings is 1. The third kappa shape index (κ3) is 4.07. The average Bonchev–Trinajstić information content (AvgIpc) is 2.48. The quantitative estimate of drug-likeness (QED) is 0.894. The maximum Gasteiger partial charge on any atom is 0.0462 e. The van der Waals surface area contributed by atoms with Crippen molar-refractivity contribution in [1.29, 1.82) is 0 Å². The van der Waals surface area contributed by atoms with Crippen molar-refractivity contribution in [2.75, 3.05) is 26.2 Å². The van der Waals surface area contributed by atoms with Crippen LogP contribution in [0.1, 0.15) is 44.4 Å². The summed E-state index contributed by atoms with van der Waals surface area (Å²) in [6.07, 6.45) is 6.42. The van der Waals surface area contributed by atoms with Crippen molar-refractivity contribution in [3.05, 3.63) is 41.4 Å². The van der Waals surface area contributed by atoms with Crippen LogP contribution in [0.4, 0.5) is 0 Å². The van der Waals surface area contributed by atoms with E-state index in [4.69, 9.17) is 0 Å². The molecule has 1 aliphatic rings. The Kier molecular flexibility index (Phi) is 5.60. The first-order chi connectivity index (χ1) is 9.70. The van der Waals surface area contributed by atoms with Gasteiger partial charge in [0.05, 0.1) is 0 Å². The van der Waals surface area contributed by atoms with Gasteiger partial charge >= 0.3 is 0 Å². The van der Waals surface area contributed by atoms with Crippen LogP contribution in [0.5, 0.6) is 0 Å². The minimum atomic E-state index is 0.551. The SMILES string of the molecule is CC/C=C(\Cc1ccc(C(C)C)cn1)N1CCNCC1. The predicted octanol–water partition coefficient (Wildman–Crippen LogP) is 2.95. The summed E-state index contributed by atoms with van der Waals surface area (Å²) in [4.78, 5) is 7.13. The van der Waals surface area contributed by atoms with Crippen molar-refractivity contribution in [3.8, 4) is 0 Å². The molecule has 0 bridgehead atoms. The molecular weight excluding hydrogens is 246 g/mol. The van der Waals surface area contributed by atoms with Gasteiger partial charge in [0.25, 0.3) is 0 Å². The highest BCUT2D eigenvalue weighted by molar-refractivity contribution is 5.21. The van der Waals surface area contributed by atoms with Crippen LogP contribution in [-0.4, -0.2) is 36.1 Å². The first-order valence-electron chi connectivity index (χ1n) is 7.80. The summed E-state index contributed by atoms with van der Waals surface area (Å²) in [6.45, 7) is 11.0. The van der Waals surface area contributed by atoms with Gasteiger partial charge in [0, 0.05) is 50.2 Å². The lowest BCUT2D eigenvalue weighted by Crippen LogP contribution is -2.43. The molecule has 0 unspecified atom stereocenters. The van der Waals surface area contributed by atoms with Crippen molar-refractivity contribution in [2.45, 2.75) is 39.5 Å². The second-order valence-corrected chi connectivity index (χ2v) is 5.76. The van der Waals surface area contributed by atoms with Crippen LogP contribution in [0, 0.1) is 0 Å². The molecule has 1 N–H and O–H groups in total. The van der Waals surface area contributed by atoms with E-state index in [1.165, 1.54) is 17.0 Å². The van der Waals surface area contributed by atoms with Crippen molar-refractivity contribution < 1.29 is 0 Å². The van der Waals surface area contributed by atoms with Gasteiger partial charge in [-0.3, -0.25) is 4.98 Å². The first kappa shape index (κ1) is 15.0. The Morgan fingerprint density at radius 3 is 2.65 bits per heavy atom. The largest absolute Gasteiger partial charge is 0.372 e. The lowest BCUT2D eigenvalue weighted by molar-refractivity contribution is 0.292. The maximum absolute atomic E-state index is 4.63. The average molecular weight is 273 g/mol. The second kappa shape index (κ2) is 7.44. The summed E-state index contributed by atoms with van der Waals surface area (Å²) in [5.41, 5.74) is 3.92. The zero-order valence-electron chi connectivity index (χ0n) is 13.0. The minimum Gasteiger partial charge on any atom is -0.372 e. The summed E-state index contributed by atoms with van der Waals surface area (Å²) in [7, 11) is 0. The fourth-order valence-corrected chi connectivity index (χ4v) is 2.57. The molecule has 1 aliphatic heterocycles. The molecule has 2 heterocycles. The van der Waals surface area contributed by atoms with Crippen molar-refractivity contribution >= 4 is 0 Å². The lowest BCUT2D eigenvalue weighted by atomic mass is 10.0. The molecule has 0 spiro atoms. The third-order valence-electron chi connectivity index (χ3n) is 3.84. The van der Waals surface area contributed by atoms with Gasteiger partial charge in [0.1, 0.15) is 0 Å². The molecule has 110 valence electrons. The highest BCUT2D eigenvalue weighted by atomic mass is 15.2. The van der Waals surface area contributed by atoms with Crippen molar-refractivity contribution in [2.24, 2.45) is 0 Å². The second-order valence-electron chi connectivity index (χ2n) is 5.76. The van der Waals surface area contributed by atoms with Gasteiger partial charge in [-0.2, -0.15) is 0 Å². The van der Waals surface area contributed by atoms with E-state index in [0.29, 0.717) is 5.92 Å². The molecule has 0 radical (unpaired) electrons. The van der Waals surface area contributed by atoms with Gasteiger partial charge < -0.3 is 10.2 Å². The zero-order valence-corrected chi connectivity index (χ0v) is 13.0. The van der Waals surface area contributed by atoms with Gasteiger partial charge in [-0.25, -0.2) is 0 Å². The van der Waals surface area contributed by atoms with Crippen molar-refractivity contribution in [3.63, 3.8) is 0 Å². The van der Waals surface area contributed by atoms with Gasteiger partial charge in [-0.15, -0.1) is 0 Å². The number of nitrogens with zero attached hydrogens (tertiary/aromatic N) is 2. The Hall–Kier alpha value is -1.35. The predicted molar refractivity (Wildman–Crippen MR) is 84.8 cm³/mol. The summed E-state index contributed by atoms with van der Waals surface area (Å²) < 4.78 is 0. The molecule has 0 atom stereocenters. The van der Waals surface area contributed by atoms with E-state index in [0.717, 1.165) is 39.0 Å². The number of rotatable bonds is 5. The molecule has 0 amide bonds. The zero-order chi connectivity index (χ0) is 14.4. The first-order valence-corrected chi connectivity index (χ1v) is 7.80. The Bertz CT molecular complexity index is 428. The number of pyridine rings is 1. The smallest absolute Gasteiger partial charge is 0.0462 e. The molecule has 20 heavy (non-hydrogen) atoms. The lowest BCUT2D eigenvalue weighted by Gasteiger charge is -2.31. The van der Waals surface area contributed by atoms with E-state index in [-0.39, 0.29) is 0 Å². The molecule has 1 saturated heterocycles. The molecule has 1 fully saturated rings. The molecule has 1 aromatic heterocycles.